The predicted octanol–water partition coefficient (Wildman–Crippen LogP) is 4.40. The van der Waals surface area contributed by atoms with Gasteiger partial charge in [-0.2, -0.15) is 0 Å². The first-order chi connectivity index (χ1) is 8.19. The summed E-state index contributed by atoms with van der Waals surface area (Å²) >= 11 is 8.40. The molecule has 1 N–H and O–H groups in total. The fourth-order valence-corrected chi connectivity index (χ4v) is 2.23. The van der Waals surface area contributed by atoms with E-state index in [2.05, 4.69) is 64.9 Å². The third-order valence-corrected chi connectivity index (χ3v) is 4.10. The van der Waals surface area contributed by atoms with E-state index < -0.39 is 0 Å². The van der Waals surface area contributed by atoms with Crippen molar-refractivity contribution in [3.63, 3.8) is 0 Å². The third kappa shape index (κ3) is 4.87. The summed E-state index contributed by atoms with van der Waals surface area (Å²) in [6.45, 7) is 4.95. The second-order valence-electron chi connectivity index (χ2n) is 3.75. The molecule has 0 spiro atoms. The van der Waals surface area contributed by atoms with Crippen LogP contribution in [-0.4, -0.2) is 6.54 Å². The van der Waals surface area contributed by atoms with Crippen molar-refractivity contribution in [3.05, 3.63) is 32.4 Å². The van der Waals surface area contributed by atoms with Gasteiger partial charge in [-0.1, -0.05) is 24.6 Å². The summed E-state index contributed by atoms with van der Waals surface area (Å²) in [6, 6.07) is 6.60. The summed E-state index contributed by atoms with van der Waals surface area (Å²) in [5.41, 5.74) is 1.25. The summed E-state index contributed by atoms with van der Waals surface area (Å²) in [6.07, 6.45) is 1.93. The Labute approximate surface area is 122 Å². The first-order valence-corrected chi connectivity index (χ1v) is 7.22. The fourth-order valence-electron chi connectivity index (χ4n) is 1.70. The van der Waals surface area contributed by atoms with Crippen LogP contribution < -0.4 is 5.32 Å². The lowest BCUT2D eigenvalue weighted by atomic mass is 10.0. The molecule has 1 nitrogen and oxygen atoms in total. The molecular formula is C14H17ClIN. The summed E-state index contributed by atoms with van der Waals surface area (Å²) in [4.78, 5) is 0. The van der Waals surface area contributed by atoms with Gasteiger partial charge in [0.1, 0.15) is 0 Å². The van der Waals surface area contributed by atoms with Crippen LogP contribution in [0.25, 0.3) is 0 Å². The minimum Gasteiger partial charge on any atom is -0.310 e. The summed E-state index contributed by atoms with van der Waals surface area (Å²) in [5, 5.41) is 4.30. The number of hydrogen-bond donors (Lipinski definition) is 1. The molecule has 1 rings (SSSR count). The Bertz CT molecular complexity index is 420. The van der Waals surface area contributed by atoms with Gasteiger partial charge in [-0.05, 0) is 60.2 Å². The first-order valence-electron chi connectivity index (χ1n) is 5.77. The van der Waals surface area contributed by atoms with Gasteiger partial charge < -0.3 is 5.32 Å². The molecule has 0 fully saturated rings. The molecule has 0 aromatic heterocycles. The smallest absolute Gasteiger partial charge is 0.0542 e. The van der Waals surface area contributed by atoms with Crippen LogP contribution in [0.1, 0.15) is 38.3 Å². The first kappa shape index (κ1) is 14.8. The Balaban J connectivity index is 2.79. The van der Waals surface area contributed by atoms with Gasteiger partial charge in [-0.25, -0.2) is 0 Å². The van der Waals surface area contributed by atoms with Gasteiger partial charge in [-0.3, -0.25) is 0 Å². The van der Waals surface area contributed by atoms with Crippen LogP contribution in [0.15, 0.2) is 18.2 Å². The average Bonchev–Trinajstić information content (AvgIpc) is 2.32. The predicted molar refractivity (Wildman–Crippen MR) is 83.3 cm³/mol. The summed E-state index contributed by atoms with van der Waals surface area (Å²) in [5.74, 6) is 6.04. The third-order valence-electron chi connectivity index (χ3n) is 2.53. The Hall–Kier alpha value is -0.240. The number of halogens is 2. The average molecular weight is 362 g/mol. The van der Waals surface area contributed by atoms with E-state index >= 15 is 0 Å². The highest BCUT2D eigenvalue weighted by molar-refractivity contribution is 14.1. The van der Waals surface area contributed by atoms with Crippen LogP contribution in [-0.2, 0) is 0 Å². The van der Waals surface area contributed by atoms with Crippen molar-refractivity contribution in [3.8, 4) is 11.8 Å². The number of benzene rings is 1. The topological polar surface area (TPSA) is 12.0 Å². The van der Waals surface area contributed by atoms with E-state index in [0.29, 0.717) is 6.04 Å². The maximum Gasteiger partial charge on any atom is 0.0542 e. The maximum absolute atomic E-state index is 6.16. The molecule has 1 aromatic rings. The standard InChI is InChI=1S/C14H17ClIN/c1-3-5-6-7-14(17-4-2)11-8-9-13(16)12(15)10-11/h8-10,14,17H,4,6-7H2,1-2H3. The molecule has 0 aliphatic rings. The summed E-state index contributed by atoms with van der Waals surface area (Å²) < 4.78 is 1.09. The van der Waals surface area contributed by atoms with Crippen LogP contribution in [0, 0.1) is 15.4 Å². The van der Waals surface area contributed by atoms with Crippen LogP contribution >= 0.6 is 34.2 Å². The molecule has 0 bridgehead atoms. The fraction of sp³-hybridized carbons (Fsp3) is 0.429. The number of hydrogen-bond acceptors (Lipinski definition) is 1. The second kappa shape index (κ2) is 7.97. The van der Waals surface area contributed by atoms with Crippen LogP contribution in [0.3, 0.4) is 0 Å². The zero-order valence-corrected chi connectivity index (χ0v) is 13.1. The quantitative estimate of drug-likeness (QED) is 0.605. The van der Waals surface area contributed by atoms with E-state index in [1.54, 1.807) is 0 Å². The molecule has 17 heavy (non-hydrogen) atoms. The Kier molecular flexibility index (Phi) is 6.94. The molecule has 0 saturated heterocycles. The highest BCUT2D eigenvalue weighted by Crippen LogP contribution is 2.25. The van der Waals surface area contributed by atoms with E-state index in [4.69, 9.17) is 11.6 Å². The lowest BCUT2D eigenvalue weighted by Gasteiger charge is -2.17. The molecule has 1 atom stereocenters. The normalized spacial score (nSPS) is 11.8. The van der Waals surface area contributed by atoms with E-state index in [-0.39, 0.29) is 0 Å². The molecule has 1 unspecified atom stereocenters. The number of rotatable bonds is 5. The van der Waals surface area contributed by atoms with E-state index in [9.17, 15) is 0 Å². The molecule has 0 aliphatic carbocycles. The molecule has 0 radical (unpaired) electrons. The van der Waals surface area contributed by atoms with Gasteiger partial charge >= 0.3 is 0 Å². The molecule has 3 heteroatoms. The summed E-state index contributed by atoms with van der Waals surface area (Å²) in [7, 11) is 0. The van der Waals surface area contributed by atoms with Gasteiger partial charge in [0.2, 0.25) is 0 Å². The van der Waals surface area contributed by atoms with Gasteiger partial charge in [-0.15, -0.1) is 11.8 Å². The van der Waals surface area contributed by atoms with Crippen molar-refractivity contribution in [1.82, 2.24) is 5.32 Å². The Morgan fingerprint density at radius 3 is 2.82 bits per heavy atom. The van der Waals surface area contributed by atoms with E-state index in [1.807, 2.05) is 6.92 Å². The van der Waals surface area contributed by atoms with Crippen molar-refractivity contribution < 1.29 is 0 Å². The van der Waals surface area contributed by atoms with Crippen LogP contribution in [0.4, 0.5) is 0 Å². The zero-order valence-electron chi connectivity index (χ0n) is 10.2. The van der Waals surface area contributed by atoms with E-state index in [1.165, 1.54) is 5.56 Å². The molecule has 1 aromatic carbocycles. The second-order valence-corrected chi connectivity index (χ2v) is 5.32. The van der Waals surface area contributed by atoms with Crippen LogP contribution in [0.2, 0.25) is 5.02 Å². The molecule has 0 heterocycles. The Morgan fingerprint density at radius 1 is 1.47 bits per heavy atom. The molecule has 92 valence electrons. The van der Waals surface area contributed by atoms with Gasteiger partial charge in [0.25, 0.3) is 0 Å². The molecular weight excluding hydrogens is 345 g/mol. The van der Waals surface area contributed by atoms with Gasteiger partial charge in [0.05, 0.1) is 5.02 Å². The van der Waals surface area contributed by atoms with Crippen molar-refractivity contribution in [2.45, 2.75) is 32.7 Å². The zero-order chi connectivity index (χ0) is 12.7. The lowest BCUT2D eigenvalue weighted by molar-refractivity contribution is 0.522. The minimum atomic E-state index is 0.343. The van der Waals surface area contributed by atoms with Gasteiger partial charge in [0.15, 0.2) is 0 Å². The Morgan fingerprint density at radius 2 is 2.24 bits per heavy atom. The largest absolute Gasteiger partial charge is 0.310 e. The molecule has 0 amide bonds. The highest BCUT2D eigenvalue weighted by Gasteiger charge is 2.10. The monoisotopic (exact) mass is 361 g/mol. The number of nitrogens with one attached hydrogen (secondary N) is 1. The van der Waals surface area contributed by atoms with Crippen LogP contribution in [0.5, 0.6) is 0 Å². The van der Waals surface area contributed by atoms with E-state index in [0.717, 1.165) is 28.0 Å². The molecule has 0 aliphatic heterocycles. The SMILES string of the molecule is CC#CCCC(NCC)c1ccc(I)c(Cl)c1. The highest BCUT2D eigenvalue weighted by atomic mass is 127. The van der Waals surface area contributed by atoms with Crippen molar-refractivity contribution in [2.75, 3.05) is 6.54 Å². The van der Waals surface area contributed by atoms with Crippen molar-refractivity contribution in [2.24, 2.45) is 0 Å². The van der Waals surface area contributed by atoms with Crippen molar-refractivity contribution in [1.29, 1.82) is 0 Å². The minimum absolute atomic E-state index is 0.343. The van der Waals surface area contributed by atoms with Crippen molar-refractivity contribution >= 4 is 34.2 Å². The lowest BCUT2D eigenvalue weighted by Crippen LogP contribution is -2.20. The van der Waals surface area contributed by atoms with Gasteiger partial charge in [0, 0.05) is 16.0 Å². The maximum atomic E-state index is 6.16. The molecule has 0 saturated carbocycles.